The second-order valence-corrected chi connectivity index (χ2v) is 8.54. The van der Waals surface area contributed by atoms with Crippen molar-refractivity contribution in [1.29, 1.82) is 0 Å². The highest BCUT2D eigenvalue weighted by Gasteiger charge is 2.31. The van der Waals surface area contributed by atoms with Crippen molar-refractivity contribution < 1.29 is 14.3 Å². The average Bonchev–Trinajstić information content (AvgIpc) is 2.80. The monoisotopic (exact) mass is 456 g/mol. The highest BCUT2D eigenvalue weighted by Crippen LogP contribution is 2.34. The van der Waals surface area contributed by atoms with E-state index in [0.717, 1.165) is 38.4 Å². The molecular weight excluding hydrogens is 428 g/mol. The van der Waals surface area contributed by atoms with Crippen molar-refractivity contribution in [3.05, 3.63) is 47.5 Å². The van der Waals surface area contributed by atoms with E-state index in [1.807, 2.05) is 36.4 Å². The maximum Gasteiger partial charge on any atom is 0.267 e. The molecule has 2 heterocycles. The molecule has 1 saturated heterocycles. The first-order valence-corrected chi connectivity index (χ1v) is 11.5. The number of anilines is 3. The molecular formula is C24H29ClN4O3. The van der Waals surface area contributed by atoms with E-state index in [0.29, 0.717) is 22.1 Å². The van der Waals surface area contributed by atoms with Crippen LogP contribution in [0.5, 0.6) is 5.75 Å². The van der Waals surface area contributed by atoms with Crippen molar-refractivity contribution in [2.45, 2.75) is 26.4 Å². The normalized spacial score (nSPS) is 18.8. The number of piperazine rings is 1. The zero-order chi connectivity index (χ0) is 22.7. The van der Waals surface area contributed by atoms with Gasteiger partial charge in [-0.15, -0.1) is 0 Å². The SMILES string of the molecule is CCN1CCN(c2ccc(Cl)cc2NC(=O)CCN2C(=O)C(C)Oc3ccccc32)CC1. The first-order chi connectivity index (χ1) is 15.5. The van der Waals surface area contributed by atoms with E-state index in [2.05, 4.69) is 22.0 Å². The zero-order valence-corrected chi connectivity index (χ0v) is 19.3. The Morgan fingerprint density at radius 2 is 1.88 bits per heavy atom. The van der Waals surface area contributed by atoms with Crippen LogP contribution in [0, 0.1) is 0 Å². The van der Waals surface area contributed by atoms with Crippen LogP contribution in [0.4, 0.5) is 17.1 Å². The van der Waals surface area contributed by atoms with E-state index in [1.165, 1.54) is 0 Å². The van der Waals surface area contributed by atoms with Crippen molar-refractivity contribution >= 4 is 40.5 Å². The Bertz CT molecular complexity index is 991. The number of likely N-dealkylation sites (N-methyl/N-ethyl adjacent to an activating group) is 1. The molecule has 170 valence electrons. The lowest BCUT2D eigenvalue weighted by molar-refractivity contribution is -0.125. The maximum absolute atomic E-state index is 12.8. The molecule has 1 atom stereocenters. The molecule has 32 heavy (non-hydrogen) atoms. The second kappa shape index (κ2) is 9.79. The van der Waals surface area contributed by atoms with Crippen molar-refractivity contribution in [2.24, 2.45) is 0 Å². The number of hydrogen-bond acceptors (Lipinski definition) is 5. The standard InChI is InChI=1S/C24H29ClN4O3/c1-3-27-12-14-28(15-13-27)20-9-8-18(25)16-19(20)26-23(30)10-11-29-21-6-4-5-7-22(21)32-17(2)24(29)31/h4-9,16-17H,3,10-15H2,1-2H3,(H,26,30). The number of benzene rings is 2. The minimum atomic E-state index is -0.575. The molecule has 0 bridgehead atoms. The molecule has 1 N–H and O–H groups in total. The van der Waals surface area contributed by atoms with Gasteiger partial charge in [-0.1, -0.05) is 30.7 Å². The topological polar surface area (TPSA) is 65.1 Å². The van der Waals surface area contributed by atoms with Gasteiger partial charge >= 0.3 is 0 Å². The Morgan fingerprint density at radius 3 is 2.62 bits per heavy atom. The van der Waals surface area contributed by atoms with E-state index in [-0.39, 0.29) is 24.8 Å². The lowest BCUT2D eigenvalue weighted by Crippen LogP contribution is -2.46. The van der Waals surface area contributed by atoms with Gasteiger partial charge in [-0.25, -0.2) is 0 Å². The van der Waals surface area contributed by atoms with Gasteiger partial charge in [0.2, 0.25) is 5.91 Å². The Labute approximate surface area is 193 Å². The molecule has 2 aromatic rings. The zero-order valence-electron chi connectivity index (χ0n) is 18.5. The summed E-state index contributed by atoms with van der Waals surface area (Å²) in [5.74, 6) is 0.349. The van der Waals surface area contributed by atoms with Gasteiger partial charge in [-0.2, -0.15) is 0 Å². The summed E-state index contributed by atoms with van der Waals surface area (Å²) in [5, 5.41) is 3.59. The van der Waals surface area contributed by atoms with Crippen LogP contribution in [0.3, 0.4) is 0 Å². The summed E-state index contributed by atoms with van der Waals surface area (Å²) in [6, 6.07) is 13.0. The first kappa shape index (κ1) is 22.4. The van der Waals surface area contributed by atoms with E-state index >= 15 is 0 Å². The molecule has 2 amide bonds. The number of carbonyl (C=O) groups excluding carboxylic acids is 2. The minimum absolute atomic E-state index is 0.145. The van der Waals surface area contributed by atoms with Gasteiger partial charge in [-0.3, -0.25) is 9.59 Å². The molecule has 2 aromatic carbocycles. The fourth-order valence-electron chi connectivity index (χ4n) is 4.20. The predicted octanol–water partition coefficient (Wildman–Crippen LogP) is 3.62. The molecule has 0 aromatic heterocycles. The number of carbonyl (C=O) groups is 2. The van der Waals surface area contributed by atoms with Crippen LogP contribution in [0.15, 0.2) is 42.5 Å². The number of nitrogens with zero attached hydrogens (tertiary/aromatic N) is 3. The number of hydrogen-bond donors (Lipinski definition) is 1. The second-order valence-electron chi connectivity index (χ2n) is 8.10. The summed E-state index contributed by atoms with van der Waals surface area (Å²) >= 11 is 6.23. The Hall–Kier alpha value is -2.77. The third-order valence-corrected chi connectivity index (χ3v) is 6.26. The highest BCUT2D eigenvalue weighted by molar-refractivity contribution is 6.31. The molecule has 1 fully saturated rings. The predicted molar refractivity (Wildman–Crippen MR) is 128 cm³/mol. The summed E-state index contributed by atoms with van der Waals surface area (Å²) in [5.41, 5.74) is 2.37. The summed E-state index contributed by atoms with van der Waals surface area (Å²) in [6.45, 7) is 8.99. The van der Waals surface area contributed by atoms with Crippen molar-refractivity contribution in [2.75, 3.05) is 54.4 Å². The summed E-state index contributed by atoms with van der Waals surface area (Å²) in [7, 11) is 0. The summed E-state index contributed by atoms with van der Waals surface area (Å²) < 4.78 is 5.67. The fraction of sp³-hybridized carbons (Fsp3) is 0.417. The van der Waals surface area contributed by atoms with Gasteiger partial charge in [0.05, 0.1) is 17.1 Å². The Kier molecular flexibility index (Phi) is 6.86. The summed E-state index contributed by atoms with van der Waals surface area (Å²) in [6.07, 6.45) is -0.406. The van der Waals surface area contributed by atoms with E-state index in [4.69, 9.17) is 16.3 Å². The number of halogens is 1. The lowest BCUT2D eigenvalue weighted by atomic mass is 10.1. The molecule has 8 heteroatoms. The third-order valence-electron chi connectivity index (χ3n) is 6.03. The number of amides is 2. The van der Waals surface area contributed by atoms with Gasteiger partial charge in [0.25, 0.3) is 5.91 Å². The molecule has 2 aliphatic rings. The van der Waals surface area contributed by atoms with Crippen LogP contribution >= 0.6 is 11.6 Å². The van der Waals surface area contributed by atoms with Crippen LogP contribution in [-0.4, -0.2) is 62.1 Å². The average molecular weight is 457 g/mol. The molecule has 4 rings (SSSR count). The van der Waals surface area contributed by atoms with Gasteiger partial charge < -0.3 is 24.8 Å². The number of rotatable bonds is 6. The van der Waals surface area contributed by atoms with Crippen LogP contribution in [0.25, 0.3) is 0 Å². The number of fused-ring (bicyclic) bond motifs is 1. The molecule has 0 spiro atoms. The molecule has 1 unspecified atom stereocenters. The van der Waals surface area contributed by atoms with Crippen molar-refractivity contribution in [1.82, 2.24) is 4.90 Å². The largest absolute Gasteiger partial charge is 0.479 e. The highest BCUT2D eigenvalue weighted by atomic mass is 35.5. The Morgan fingerprint density at radius 1 is 1.12 bits per heavy atom. The van der Waals surface area contributed by atoms with Crippen molar-refractivity contribution in [3.8, 4) is 5.75 Å². The molecule has 0 radical (unpaired) electrons. The third kappa shape index (κ3) is 4.84. The van der Waals surface area contributed by atoms with Crippen LogP contribution in [-0.2, 0) is 9.59 Å². The van der Waals surface area contributed by atoms with Crippen LogP contribution in [0.1, 0.15) is 20.3 Å². The quantitative estimate of drug-likeness (QED) is 0.719. The molecule has 0 saturated carbocycles. The number of para-hydroxylation sites is 2. The summed E-state index contributed by atoms with van der Waals surface area (Å²) in [4.78, 5) is 31.8. The lowest BCUT2D eigenvalue weighted by Gasteiger charge is -2.36. The smallest absolute Gasteiger partial charge is 0.267 e. The number of ether oxygens (including phenoxy) is 1. The minimum Gasteiger partial charge on any atom is -0.479 e. The van der Waals surface area contributed by atoms with Crippen LogP contribution in [0.2, 0.25) is 5.02 Å². The van der Waals surface area contributed by atoms with Gasteiger partial charge in [0.1, 0.15) is 5.75 Å². The fourth-order valence-corrected chi connectivity index (χ4v) is 4.38. The first-order valence-electron chi connectivity index (χ1n) is 11.1. The van der Waals surface area contributed by atoms with Crippen LogP contribution < -0.4 is 19.9 Å². The number of nitrogens with one attached hydrogen (secondary N) is 1. The van der Waals surface area contributed by atoms with Gasteiger partial charge in [0.15, 0.2) is 6.10 Å². The molecule has 7 nitrogen and oxygen atoms in total. The van der Waals surface area contributed by atoms with E-state index in [9.17, 15) is 9.59 Å². The maximum atomic E-state index is 12.8. The van der Waals surface area contributed by atoms with Crippen molar-refractivity contribution in [3.63, 3.8) is 0 Å². The van der Waals surface area contributed by atoms with Gasteiger partial charge in [0, 0.05) is 44.2 Å². The van der Waals surface area contributed by atoms with E-state index < -0.39 is 6.10 Å². The van der Waals surface area contributed by atoms with Gasteiger partial charge in [-0.05, 0) is 43.8 Å². The molecule has 2 aliphatic heterocycles. The molecule has 0 aliphatic carbocycles. The Balaban J connectivity index is 1.44. The van der Waals surface area contributed by atoms with E-state index in [1.54, 1.807) is 17.9 Å².